The largest absolute Gasteiger partial charge is 0.545 e. The number of ether oxygens (including phenoxy) is 4. The Bertz CT molecular complexity index is 1850. The maximum Gasteiger partial charge on any atom is 0.306 e. The minimum Gasteiger partial charge on any atom is -0.545 e. The lowest BCUT2D eigenvalue weighted by molar-refractivity contribution is -0.870. The van der Waals surface area contributed by atoms with Crippen molar-refractivity contribution in [3.8, 4) is 0 Å². The number of unbranched alkanes of at least 4 members (excludes halogenated alkanes) is 42. The summed E-state index contributed by atoms with van der Waals surface area (Å²) >= 11 is 0. The standard InChI is InChI=1S/C84H149NO8/c1-6-8-10-12-14-16-18-20-22-24-26-28-30-32-34-35-36-37-38-39-40-41-42-43-44-45-46-47-49-50-52-54-56-58-60-62-64-66-68-70-72-74-81(86)91-78-80(79-92-84(83(88)89)90-77-76-85(3,4)5)93-82(87)75-73-71-69-67-65-63-61-59-57-55-53-51-48-33-31-29-27-25-23-21-19-17-15-13-11-9-7-2/h9,11,15,17-18,20-21,23-24,26-27,29-30,32-33,48,80,84H,6-8,10,12-14,16,19,22,25,28,31,34-47,49-79H2,1-5H3/b11-9-,17-15-,20-18-,23-21-,26-24-,29-27-,32-30-,48-33-. The molecular weight excluding hydrogens is 1150 g/mol. The third-order valence-electron chi connectivity index (χ3n) is 17.3. The summed E-state index contributed by atoms with van der Waals surface area (Å²) in [6, 6.07) is 0. The van der Waals surface area contributed by atoms with E-state index < -0.39 is 24.3 Å². The first-order chi connectivity index (χ1) is 45.6. The summed E-state index contributed by atoms with van der Waals surface area (Å²) in [4.78, 5) is 37.6. The van der Waals surface area contributed by atoms with E-state index in [9.17, 15) is 19.5 Å². The third-order valence-corrected chi connectivity index (χ3v) is 17.3. The molecule has 0 fully saturated rings. The highest BCUT2D eigenvalue weighted by atomic mass is 16.7. The molecule has 0 aliphatic rings. The van der Waals surface area contributed by atoms with Crippen molar-refractivity contribution >= 4 is 17.9 Å². The van der Waals surface area contributed by atoms with Crippen LogP contribution in [0.2, 0.25) is 0 Å². The summed E-state index contributed by atoms with van der Waals surface area (Å²) in [7, 11) is 5.94. The minimum absolute atomic E-state index is 0.145. The van der Waals surface area contributed by atoms with Gasteiger partial charge in [0.2, 0.25) is 0 Å². The Hall–Kier alpha value is -3.79. The average molecular weight is 1300 g/mol. The molecule has 0 rings (SSSR count). The predicted octanol–water partition coefficient (Wildman–Crippen LogP) is 23.8. The number of allylic oxidation sites excluding steroid dienone is 16. The van der Waals surface area contributed by atoms with Crippen LogP contribution in [0.15, 0.2) is 97.2 Å². The Morgan fingerprint density at radius 2 is 0.613 bits per heavy atom. The lowest BCUT2D eigenvalue weighted by Crippen LogP contribution is -2.44. The second-order valence-corrected chi connectivity index (χ2v) is 27.6. The van der Waals surface area contributed by atoms with Crippen LogP contribution in [-0.4, -0.2) is 82.3 Å². The van der Waals surface area contributed by atoms with Crippen molar-refractivity contribution in [1.82, 2.24) is 0 Å². The SMILES string of the molecule is CC/C=C\C/C=C\C/C=C\C/C=C\C/C=C\CCCCCCCCCCCCCC(=O)OC(COC(=O)CCCCCCCCCCCCCCCCCCCCCCCCCCCC/C=C\C/C=C\C/C=C\CCCCCCC)COC(OCC[N+](C)(C)C)C(=O)[O-]. The van der Waals surface area contributed by atoms with Gasteiger partial charge in [-0.2, -0.15) is 0 Å². The molecule has 538 valence electrons. The van der Waals surface area contributed by atoms with Gasteiger partial charge in [0.1, 0.15) is 13.2 Å². The summed E-state index contributed by atoms with van der Waals surface area (Å²) < 4.78 is 22.8. The van der Waals surface area contributed by atoms with E-state index >= 15 is 0 Å². The zero-order valence-electron chi connectivity index (χ0n) is 61.6. The summed E-state index contributed by atoms with van der Waals surface area (Å²) in [5, 5.41) is 11.8. The Balaban J connectivity index is 3.97. The fourth-order valence-corrected chi connectivity index (χ4v) is 11.3. The van der Waals surface area contributed by atoms with Gasteiger partial charge in [-0.25, -0.2) is 0 Å². The first-order valence-electron chi connectivity index (χ1n) is 39.4. The predicted molar refractivity (Wildman–Crippen MR) is 398 cm³/mol. The second kappa shape index (κ2) is 74.0. The molecule has 0 spiro atoms. The lowest BCUT2D eigenvalue weighted by atomic mass is 10.0. The first kappa shape index (κ1) is 89.2. The molecule has 0 heterocycles. The van der Waals surface area contributed by atoms with Crippen LogP contribution in [-0.2, 0) is 33.3 Å². The van der Waals surface area contributed by atoms with Crippen molar-refractivity contribution < 1.29 is 42.9 Å². The number of carbonyl (C=O) groups excluding carboxylic acids is 3. The Labute approximate surface area is 575 Å². The van der Waals surface area contributed by atoms with Gasteiger partial charge >= 0.3 is 11.9 Å². The molecule has 9 nitrogen and oxygen atoms in total. The number of aliphatic carboxylic acids is 1. The highest BCUT2D eigenvalue weighted by Crippen LogP contribution is 2.19. The van der Waals surface area contributed by atoms with Crippen molar-refractivity contribution in [2.45, 2.75) is 373 Å². The molecule has 0 bridgehead atoms. The van der Waals surface area contributed by atoms with Crippen LogP contribution >= 0.6 is 0 Å². The highest BCUT2D eigenvalue weighted by Gasteiger charge is 2.22. The van der Waals surface area contributed by atoms with E-state index in [4.69, 9.17) is 18.9 Å². The van der Waals surface area contributed by atoms with Crippen LogP contribution in [0.4, 0.5) is 0 Å². The van der Waals surface area contributed by atoms with Gasteiger partial charge in [0.05, 0.1) is 40.3 Å². The fourth-order valence-electron chi connectivity index (χ4n) is 11.3. The third kappa shape index (κ3) is 75.5. The molecule has 93 heavy (non-hydrogen) atoms. The maximum atomic E-state index is 13.0. The minimum atomic E-state index is -1.63. The smallest absolute Gasteiger partial charge is 0.306 e. The summed E-state index contributed by atoms with van der Waals surface area (Å²) in [5.41, 5.74) is 0. The highest BCUT2D eigenvalue weighted by molar-refractivity contribution is 5.70. The van der Waals surface area contributed by atoms with E-state index in [1.54, 1.807) is 0 Å². The van der Waals surface area contributed by atoms with E-state index in [2.05, 4.69) is 111 Å². The number of quaternary nitrogens is 1. The van der Waals surface area contributed by atoms with Crippen molar-refractivity contribution in [3.05, 3.63) is 97.2 Å². The van der Waals surface area contributed by atoms with Crippen molar-refractivity contribution in [2.24, 2.45) is 0 Å². The van der Waals surface area contributed by atoms with Crippen LogP contribution in [0.25, 0.3) is 0 Å². The van der Waals surface area contributed by atoms with Crippen molar-refractivity contribution in [2.75, 3.05) is 47.5 Å². The summed E-state index contributed by atoms with van der Waals surface area (Å²) in [6.07, 6.45) is 99.6. The molecule has 2 unspecified atom stereocenters. The van der Waals surface area contributed by atoms with E-state index in [-0.39, 0.29) is 32.2 Å². The number of esters is 2. The molecule has 0 aliphatic heterocycles. The number of nitrogens with zero attached hydrogens (tertiary/aromatic N) is 1. The van der Waals surface area contributed by atoms with Gasteiger partial charge < -0.3 is 33.3 Å². The number of rotatable bonds is 73. The van der Waals surface area contributed by atoms with Gasteiger partial charge in [0.15, 0.2) is 12.4 Å². The van der Waals surface area contributed by atoms with Crippen molar-refractivity contribution in [3.63, 3.8) is 0 Å². The van der Waals surface area contributed by atoms with Gasteiger partial charge in [-0.15, -0.1) is 0 Å². The zero-order chi connectivity index (χ0) is 67.5. The van der Waals surface area contributed by atoms with Gasteiger partial charge in [-0.05, 0) is 96.3 Å². The van der Waals surface area contributed by atoms with Gasteiger partial charge in [0, 0.05) is 12.8 Å². The fraction of sp³-hybridized carbons (Fsp3) is 0.774. The normalized spacial score (nSPS) is 13.2. The van der Waals surface area contributed by atoms with Crippen molar-refractivity contribution in [1.29, 1.82) is 0 Å². The number of hydrogen-bond donors (Lipinski definition) is 0. The lowest BCUT2D eigenvalue weighted by Gasteiger charge is -2.26. The van der Waals surface area contributed by atoms with Gasteiger partial charge in [0.25, 0.3) is 0 Å². The van der Waals surface area contributed by atoms with Gasteiger partial charge in [-0.3, -0.25) is 9.59 Å². The average Bonchev–Trinajstić information content (AvgIpc) is 3.38. The van der Waals surface area contributed by atoms with Crippen LogP contribution in [0.3, 0.4) is 0 Å². The molecular formula is C84H149NO8. The zero-order valence-corrected chi connectivity index (χ0v) is 61.6. The molecule has 0 radical (unpaired) electrons. The van der Waals surface area contributed by atoms with E-state index in [0.29, 0.717) is 23.9 Å². The number of carboxylic acids is 1. The molecule has 0 N–H and O–H groups in total. The molecule has 9 heteroatoms. The van der Waals surface area contributed by atoms with E-state index in [0.717, 1.165) is 89.9 Å². The first-order valence-corrected chi connectivity index (χ1v) is 39.4. The molecule has 0 aliphatic carbocycles. The molecule has 0 amide bonds. The molecule has 2 atom stereocenters. The topological polar surface area (TPSA) is 111 Å². The van der Waals surface area contributed by atoms with E-state index in [1.807, 2.05) is 21.1 Å². The number of carboxylic acid groups (broad SMARTS) is 1. The second-order valence-electron chi connectivity index (χ2n) is 27.6. The number of hydrogen-bond acceptors (Lipinski definition) is 8. The Morgan fingerprint density at radius 1 is 0.333 bits per heavy atom. The monoisotopic (exact) mass is 1300 g/mol. The van der Waals surface area contributed by atoms with Crippen LogP contribution in [0, 0.1) is 0 Å². The Kier molecular flexibility index (Phi) is 71.0. The maximum absolute atomic E-state index is 13.0. The number of likely N-dealkylation sites (N-methyl/N-ethyl adjacent to an activating group) is 1. The van der Waals surface area contributed by atoms with Crippen LogP contribution < -0.4 is 5.11 Å². The Morgan fingerprint density at radius 3 is 0.914 bits per heavy atom. The molecule has 0 aromatic carbocycles. The molecule has 0 aromatic rings. The molecule has 0 saturated carbocycles. The van der Waals surface area contributed by atoms with Crippen LogP contribution in [0.1, 0.15) is 361 Å². The quantitative estimate of drug-likeness (QED) is 0.0195. The molecule has 0 aromatic heterocycles. The summed E-state index contributed by atoms with van der Waals surface area (Å²) in [6.45, 7) is 4.66. The molecule has 0 saturated heterocycles. The van der Waals surface area contributed by atoms with Crippen LogP contribution in [0.5, 0.6) is 0 Å². The number of carbonyl (C=O) groups is 3. The van der Waals surface area contributed by atoms with E-state index in [1.165, 1.54) is 238 Å². The van der Waals surface area contributed by atoms with Gasteiger partial charge in [-0.1, -0.05) is 349 Å². The summed E-state index contributed by atoms with van der Waals surface area (Å²) in [5.74, 6) is -2.27.